The molecular weight excluding hydrogens is 1020 g/mol. The smallest absolute Gasteiger partial charge is 0.547 e. The predicted octanol–water partition coefficient (Wildman–Crippen LogP) is -24.1. The Bertz CT molecular complexity index is 1080. The van der Waals surface area contributed by atoms with Crippen LogP contribution in [0.2, 0.25) is 0 Å². The standard InChI is InChI=1S/5C6H12O7.Tc/c5*7-1-2(8)3(9)4(10)5(11)6(12)13;/h5*2-5,7-11H,1H2,(H,12,13);/q;;;;;+5/p-5/t5*2-,3-,4+,5-;/m11111./s1/i;;;;;1+1. The number of carbonyl (C=O) groups is 5. The molecule has 0 fully saturated rings. The van der Waals surface area contributed by atoms with Crippen LogP contribution < -0.4 is 25.5 Å². The third-order valence-corrected chi connectivity index (χ3v) is 7.48. The summed E-state index contributed by atoms with van der Waals surface area (Å²) in [6.45, 7) is -4.32. The number of rotatable bonds is 25. The van der Waals surface area contributed by atoms with Gasteiger partial charge in [-0.15, -0.1) is 0 Å². The van der Waals surface area contributed by atoms with Gasteiger partial charge in [0.15, 0.2) is 0 Å². The monoisotopic (exact) mass is 1070 g/mol. The fourth-order valence-electron chi connectivity index (χ4n) is 3.31. The average Bonchev–Trinajstić information content (AvgIpc) is 3.28. The van der Waals surface area contributed by atoms with Crippen molar-refractivity contribution in [2.24, 2.45) is 0 Å². The van der Waals surface area contributed by atoms with Crippen molar-refractivity contribution >= 4 is 29.8 Å². The second-order valence-corrected chi connectivity index (χ2v) is 12.5. The van der Waals surface area contributed by atoms with Gasteiger partial charge in [0.2, 0.25) is 0 Å². The Balaban J connectivity index is -0.000000170. The molecule has 0 aromatic carbocycles. The zero-order valence-corrected chi connectivity index (χ0v) is 35.1. The number of aliphatic hydroxyl groups is 25. The maximum atomic E-state index is 9.98. The van der Waals surface area contributed by atoms with Crippen molar-refractivity contribution in [2.75, 3.05) is 33.0 Å². The number of carbonyl (C=O) groups excluding carboxylic acids is 5. The fourth-order valence-corrected chi connectivity index (χ4v) is 3.31. The van der Waals surface area contributed by atoms with Crippen LogP contribution in [0.25, 0.3) is 0 Å². The first-order chi connectivity index (χ1) is 29.6. The van der Waals surface area contributed by atoms with E-state index in [0.29, 0.717) is 0 Å². The van der Waals surface area contributed by atoms with Crippen LogP contribution in [0.4, 0.5) is 0 Å². The maximum Gasteiger partial charge on any atom is 5.00 e. The molecule has 0 saturated heterocycles. The molecule has 0 rings (SSSR count). The van der Waals surface area contributed by atoms with E-state index in [1.54, 1.807) is 0 Å². The SMILES string of the molecule is O=C([O-])[C@H](O)[C@@H](O)[C@H](O)[C@H](O)CO.O=C([O-])[C@H](O)[C@@H](O)[C@H](O)[C@H](O)CO.O=C([O-])[C@H](O)[C@@H](O)[C@H](O)[C@H](O)CO.O=C([O-])[C@H](O)[C@@H](O)[C@H](O)[C@H](O)CO.O=C([O-])[C@H](O)[C@@H](O)[C@H](O)[C@H](O)CO.[99Tc+5]. The summed E-state index contributed by atoms with van der Waals surface area (Å²) in [5, 5.41) is 267. The topological polar surface area (TPSA) is 706 Å². The van der Waals surface area contributed by atoms with Gasteiger partial charge in [-0.05, 0) is 0 Å². The average molecular weight is 1070 g/mol. The molecule has 0 unspecified atom stereocenters. The van der Waals surface area contributed by atoms with E-state index in [0.717, 1.165) is 0 Å². The number of aliphatic hydroxyl groups excluding tert-OH is 25. The van der Waals surface area contributed by atoms with Crippen molar-refractivity contribution in [3.63, 3.8) is 0 Å². The van der Waals surface area contributed by atoms with Gasteiger partial charge in [-0.25, -0.2) is 0 Å². The molecule has 0 spiro atoms. The second-order valence-electron chi connectivity index (χ2n) is 12.5. The molecule has 20 atom stereocenters. The van der Waals surface area contributed by atoms with Gasteiger partial charge in [-0.3, -0.25) is 0 Å². The Morgan fingerprint density at radius 3 is 0.394 bits per heavy atom. The number of hydrogen-bond acceptors (Lipinski definition) is 35. The van der Waals surface area contributed by atoms with E-state index in [-0.39, 0.29) is 20.1 Å². The van der Waals surface area contributed by atoms with E-state index >= 15 is 0 Å². The Labute approximate surface area is 381 Å². The molecule has 36 heteroatoms. The summed E-state index contributed by atoms with van der Waals surface area (Å²) in [6.07, 6.45) is -40.4. The first kappa shape index (κ1) is 74.5. The van der Waals surface area contributed by atoms with Crippen LogP contribution in [0.3, 0.4) is 0 Å². The Kier molecular flexibility index (Phi) is 43.9. The molecule has 0 aliphatic rings. The molecule has 0 heterocycles. The fraction of sp³-hybridized carbons (Fsp3) is 0.833. The third kappa shape index (κ3) is 29.0. The van der Waals surface area contributed by atoms with Crippen LogP contribution in [0.5, 0.6) is 0 Å². The minimum absolute atomic E-state index is 0. The normalized spacial score (nSPS) is 20.1. The van der Waals surface area contributed by atoms with Crippen LogP contribution in [0.1, 0.15) is 0 Å². The first-order valence-electron chi connectivity index (χ1n) is 17.3. The van der Waals surface area contributed by atoms with E-state index in [1.165, 1.54) is 0 Å². The van der Waals surface area contributed by atoms with E-state index in [1.807, 2.05) is 0 Å². The zero-order valence-electron chi connectivity index (χ0n) is 33.2. The van der Waals surface area contributed by atoms with Crippen LogP contribution in [-0.4, -0.2) is 313 Å². The number of aliphatic carboxylic acids is 5. The molecule has 25 N–H and O–H groups in total. The summed E-state index contributed by atoms with van der Waals surface area (Å²) in [7, 11) is 0. The summed E-state index contributed by atoms with van der Waals surface area (Å²) in [5.74, 6) is -9.88. The number of carboxylic acids is 5. The van der Waals surface area contributed by atoms with Crippen molar-refractivity contribution in [3.8, 4) is 0 Å². The quantitative estimate of drug-likeness (QED) is 0.0404. The van der Waals surface area contributed by atoms with Crippen molar-refractivity contribution in [2.45, 2.75) is 122 Å². The van der Waals surface area contributed by atoms with E-state index in [9.17, 15) is 49.5 Å². The van der Waals surface area contributed by atoms with Gasteiger partial charge in [0.1, 0.15) is 122 Å². The van der Waals surface area contributed by atoms with Crippen LogP contribution >= 0.6 is 0 Å². The van der Waals surface area contributed by atoms with Gasteiger partial charge in [0.25, 0.3) is 0 Å². The van der Waals surface area contributed by atoms with Crippen molar-refractivity contribution in [3.05, 3.63) is 0 Å². The molecule has 0 bridgehead atoms. The van der Waals surface area contributed by atoms with Gasteiger partial charge < -0.3 is 177 Å². The van der Waals surface area contributed by atoms with Crippen molar-refractivity contribution < 1.29 is 197 Å². The Hall–Kier alpha value is -3.00. The number of carboxylic acid groups (broad SMARTS) is 5. The largest absolute Gasteiger partial charge is 5.00 e. The molecule has 35 nitrogen and oxygen atoms in total. The minimum atomic E-state index is -2.31. The predicted molar refractivity (Wildman–Crippen MR) is 181 cm³/mol. The molecule has 0 aliphatic heterocycles. The summed E-state index contributed by atoms with van der Waals surface area (Å²) in [5.41, 5.74) is 0. The molecule has 0 aliphatic carbocycles. The Morgan fingerprint density at radius 2 is 0.333 bits per heavy atom. The summed E-state index contributed by atoms with van der Waals surface area (Å²) in [6, 6.07) is 0. The van der Waals surface area contributed by atoms with E-state index < -0.39 is 185 Å². The molecule has 0 saturated carbocycles. The first-order valence-corrected chi connectivity index (χ1v) is 17.3. The summed E-state index contributed by atoms with van der Waals surface area (Å²) < 4.78 is 0. The third-order valence-electron chi connectivity index (χ3n) is 7.48. The van der Waals surface area contributed by atoms with Gasteiger partial charge >= 0.3 is 20.1 Å². The summed E-state index contributed by atoms with van der Waals surface area (Å²) >= 11 is 0. The number of hydrogen-bond donors (Lipinski definition) is 25. The zero-order chi connectivity index (χ0) is 53.0. The van der Waals surface area contributed by atoms with Gasteiger partial charge in [-0.1, -0.05) is 0 Å². The van der Waals surface area contributed by atoms with Gasteiger partial charge in [-0.2, -0.15) is 0 Å². The van der Waals surface area contributed by atoms with Crippen molar-refractivity contribution in [1.29, 1.82) is 0 Å². The molecular formula is C30H55O35Tc. The molecule has 392 valence electrons. The maximum absolute atomic E-state index is 9.98. The summed E-state index contributed by atoms with van der Waals surface area (Å²) in [4.78, 5) is 49.9. The van der Waals surface area contributed by atoms with Gasteiger partial charge in [0.05, 0.1) is 62.9 Å². The Morgan fingerprint density at radius 1 is 0.242 bits per heavy atom. The van der Waals surface area contributed by atoms with Crippen LogP contribution in [-0.2, 0) is 44.1 Å². The molecule has 66 heavy (non-hydrogen) atoms. The minimum Gasteiger partial charge on any atom is -0.547 e. The second kappa shape index (κ2) is 38.9. The van der Waals surface area contributed by atoms with Crippen molar-refractivity contribution in [1.82, 2.24) is 0 Å². The van der Waals surface area contributed by atoms with Crippen LogP contribution in [0, 0.1) is 0 Å². The molecule has 0 amide bonds. The van der Waals surface area contributed by atoms with E-state index in [2.05, 4.69) is 0 Å². The van der Waals surface area contributed by atoms with Gasteiger partial charge in [0, 0.05) is 0 Å². The van der Waals surface area contributed by atoms with E-state index in [4.69, 9.17) is 128 Å². The molecule has 0 aromatic heterocycles. The van der Waals surface area contributed by atoms with Crippen LogP contribution in [0.15, 0.2) is 0 Å². The molecule has 0 radical (unpaired) electrons. The molecule has 0 aromatic rings.